The van der Waals surface area contributed by atoms with Gasteiger partial charge in [-0.05, 0) is 30.4 Å². The fourth-order valence-corrected chi connectivity index (χ4v) is 2.54. The van der Waals surface area contributed by atoms with Crippen molar-refractivity contribution in [1.82, 2.24) is 20.3 Å². The minimum absolute atomic E-state index is 0.0876. The summed E-state index contributed by atoms with van der Waals surface area (Å²) < 4.78 is 5.08. The van der Waals surface area contributed by atoms with Gasteiger partial charge in [0.05, 0.1) is 13.2 Å². The van der Waals surface area contributed by atoms with E-state index in [0.717, 1.165) is 24.2 Å². The van der Waals surface area contributed by atoms with E-state index in [2.05, 4.69) is 25.6 Å². The summed E-state index contributed by atoms with van der Waals surface area (Å²) in [6, 6.07) is 5.09. The molecule has 2 heterocycles. The van der Waals surface area contributed by atoms with E-state index in [1.807, 2.05) is 25.1 Å². The highest BCUT2D eigenvalue weighted by atomic mass is 16.5. The lowest BCUT2D eigenvalue weighted by Gasteiger charge is -2.19. The molecule has 8 heteroatoms. The first-order valence-corrected chi connectivity index (χ1v) is 8.14. The van der Waals surface area contributed by atoms with Crippen LogP contribution >= 0.6 is 0 Å². The molecule has 1 unspecified atom stereocenters. The van der Waals surface area contributed by atoms with Crippen LogP contribution in [0.25, 0.3) is 0 Å². The van der Waals surface area contributed by atoms with Crippen LogP contribution in [0, 0.1) is 5.92 Å². The summed E-state index contributed by atoms with van der Waals surface area (Å²) >= 11 is 0. The molecule has 1 saturated carbocycles. The quantitative estimate of drug-likeness (QED) is 0.836. The molecule has 132 valence electrons. The second-order valence-electron chi connectivity index (χ2n) is 6.18. The third kappa shape index (κ3) is 4.34. The minimum Gasteiger partial charge on any atom is -0.481 e. The van der Waals surface area contributed by atoms with Crippen LogP contribution in [0.4, 0.5) is 16.6 Å². The molecule has 25 heavy (non-hydrogen) atoms. The molecule has 2 aromatic heterocycles. The van der Waals surface area contributed by atoms with E-state index in [1.165, 1.54) is 0 Å². The average molecular weight is 342 g/mol. The van der Waals surface area contributed by atoms with Gasteiger partial charge in [-0.3, -0.25) is 5.32 Å². The van der Waals surface area contributed by atoms with Crippen LogP contribution in [-0.2, 0) is 0 Å². The molecule has 2 amide bonds. The van der Waals surface area contributed by atoms with Crippen LogP contribution in [-0.4, -0.2) is 42.2 Å². The molecule has 1 aliphatic carbocycles. The minimum atomic E-state index is -0.330. The van der Waals surface area contributed by atoms with Crippen LogP contribution in [0.2, 0.25) is 0 Å². The van der Waals surface area contributed by atoms with Gasteiger partial charge in [-0.1, -0.05) is 6.07 Å². The third-order valence-electron chi connectivity index (χ3n) is 4.03. The standard InChI is InChI=1S/C17H22N6O2/c1-23(2)13-8-9-18-16(20-13)22-17(24)21-15(11-4-5-11)12-6-7-14(25-3)19-10-12/h6-11,15H,4-5H2,1-3H3,(H2,18,20,21,22,24). The first-order valence-electron chi connectivity index (χ1n) is 8.14. The SMILES string of the molecule is COc1ccc(C(NC(=O)Nc2nccc(N(C)C)n2)C2CC2)cn1. The number of urea groups is 1. The number of carbonyl (C=O) groups excluding carboxylic acids is 1. The predicted molar refractivity (Wildman–Crippen MR) is 94.8 cm³/mol. The highest BCUT2D eigenvalue weighted by molar-refractivity contribution is 5.87. The van der Waals surface area contributed by atoms with Crippen molar-refractivity contribution in [3.8, 4) is 5.88 Å². The topological polar surface area (TPSA) is 92.3 Å². The highest BCUT2D eigenvalue weighted by Crippen LogP contribution is 2.41. The lowest BCUT2D eigenvalue weighted by molar-refractivity contribution is 0.247. The normalized spacial score (nSPS) is 14.5. The zero-order valence-corrected chi connectivity index (χ0v) is 14.6. The molecular formula is C17H22N6O2. The van der Waals surface area contributed by atoms with Crippen LogP contribution in [0.3, 0.4) is 0 Å². The summed E-state index contributed by atoms with van der Waals surface area (Å²) in [5.74, 6) is 1.97. The molecule has 0 aromatic carbocycles. The van der Waals surface area contributed by atoms with Gasteiger partial charge in [0, 0.05) is 32.6 Å². The van der Waals surface area contributed by atoms with Gasteiger partial charge in [0.25, 0.3) is 0 Å². The number of hydrogen-bond acceptors (Lipinski definition) is 6. The Balaban J connectivity index is 1.67. The first kappa shape index (κ1) is 16.9. The molecule has 1 atom stereocenters. The zero-order chi connectivity index (χ0) is 17.8. The number of hydrogen-bond donors (Lipinski definition) is 2. The van der Waals surface area contributed by atoms with Crippen LogP contribution in [0.5, 0.6) is 5.88 Å². The molecule has 0 aliphatic heterocycles. The van der Waals surface area contributed by atoms with Gasteiger partial charge >= 0.3 is 6.03 Å². The van der Waals surface area contributed by atoms with Crippen molar-refractivity contribution >= 4 is 17.8 Å². The fraction of sp³-hybridized carbons (Fsp3) is 0.412. The van der Waals surface area contributed by atoms with E-state index < -0.39 is 0 Å². The molecule has 1 fully saturated rings. The molecule has 0 radical (unpaired) electrons. The molecule has 0 spiro atoms. The summed E-state index contributed by atoms with van der Waals surface area (Å²) in [4.78, 5) is 26.8. The Morgan fingerprint density at radius 2 is 2.08 bits per heavy atom. The molecule has 2 aromatic rings. The summed E-state index contributed by atoms with van der Waals surface area (Å²) in [7, 11) is 5.34. The number of ether oxygens (including phenoxy) is 1. The molecule has 2 N–H and O–H groups in total. The van der Waals surface area contributed by atoms with Gasteiger partial charge in [0.15, 0.2) is 0 Å². The Hall–Kier alpha value is -2.90. The maximum Gasteiger partial charge on any atom is 0.322 e. The number of anilines is 2. The average Bonchev–Trinajstić information content (AvgIpc) is 3.45. The van der Waals surface area contributed by atoms with Crippen LogP contribution < -0.4 is 20.3 Å². The number of pyridine rings is 1. The van der Waals surface area contributed by atoms with Gasteiger partial charge < -0.3 is 15.0 Å². The van der Waals surface area contributed by atoms with E-state index >= 15 is 0 Å². The van der Waals surface area contributed by atoms with E-state index in [-0.39, 0.29) is 18.0 Å². The molecule has 8 nitrogen and oxygen atoms in total. The maximum absolute atomic E-state index is 12.4. The fourth-order valence-electron chi connectivity index (χ4n) is 2.54. The smallest absolute Gasteiger partial charge is 0.322 e. The third-order valence-corrected chi connectivity index (χ3v) is 4.03. The Labute approximate surface area is 146 Å². The monoisotopic (exact) mass is 342 g/mol. The zero-order valence-electron chi connectivity index (χ0n) is 14.6. The number of rotatable bonds is 6. The number of methoxy groups -OCH3 is 1. The lowest BCUT2D eigenvalue weighted by atomic mass is 10.0. The van der Waals surface area contributed by atoms with Crippen molar-refractivity contribution in [2.24, 2.45) is 5.92 Å². The molecule has 0 saturated heterocycles. The second kappa shape index (κ2) is 7.33. The molecular weight excluding hydrogens is 320 g/mol. The van der Waals surface area contributed by atoms with Gasteiger partial charge in [-0.2, -0.15) is 4.98 Å². The number of nitrogens with zero attached hydrogens (tertiary/aromatic N) is 4. The molecule has 3 rings (SSSR count). The number of carbonyl (C=O) groups is 1. The second-order valence-corrected chi connectivity index (χ2v) is 6.18. The molecule has 1 aliphatic rings. The predicted octanol–water partition coefficient (Wildman–Crippen LogP) is 2.22. The lowest BCUT2D eigenvalue weighted by Crippen LogP contribution is -2.34. The molecule has 0 bridgehead atoms. The summed E-state index contributed by atoms with van der Waals surface area (Å²) in [5.41, 5.74) is 0.960. The van der Waals surface area contributed by atoms with Gasteiger partial charge in [0.2, 0.25) is 11.8 Å². The van der Waals surface area contributed by atoms with Crippen LogP contribution in [0.1, 0.15) is 24.4 Å². The largest absolute Gasteiger partial charge is 0.481 e. The summed E-state index contributed by atoms with van der Waals surface area (Å²) in [6.07, 6.45) is 5.53. The van der Waals surface area contributed by atoms with E-state index in [9.17, 15) is 4.79 Å². The van der Waals surface area contributed by atoms with Crippen molar-refractivity contribution in [1.29, 1.82) is 0 Å². The van der Waals surface area contributed by atoms with Crippen molar-refractivity contribution in [3.05, 3.63) is 36.2 Å². The number of nitrogens with one attached hydrogen (secondary N) is 2. The Bertz CT molecular complexity index is 730. The van der Waals surface area contributed by atoms with Crippen molar-refractivity contribution in [3.63, 3.8) is 0 Å². The van der Waals surface area contributed by atoms with Gasteiger partial charge in [-0.15, -0.1) is 0 Å². The van der Waals surface area contributed by atoms with Gasteiger partial charge in [0.1, 0.15) is 5.82 Å². The number of aromatic nitrogens is 3. The van der Waals surface area contributed by atoms with Crippen molar-refractivity contribution in [2.45, 2.75) is 18.9 Å². The van der Waals surface area contributed by atoms with E-state index in [0.29, 0.717) is 11.8 Å². The van der Waals surface area contributed by atoms with E-state index in [1.54, 1.807) is 31.6 Å². The highest BCUT2D eigenvalue weighted by Gasteiger charge is 2.33. The summed E-state index contributed by atoms with van der Waals surface area (Å²) in [5, 5.41) is 5.70. The Morgan fingerprint density at radius 1 is 1.28 bits per heavy atom. The van der Waals surface area contributed by atoms with Crippen LogP contribution in [0.15, 0.2) is 30.6 Å². The Morgan fingerprint density at radius 3 is 2.68 bits per heavy atom. The van der Waals surface area contributed by atoms with E-state index in [4.69, 9.17) is 4.74 Å². The summed E-state index contributed by atoms with van der Waals surface area (Å²) in [6.45, 7) is 0. The number of amides is 2. The van der Waals surface area contributed by atoms with Gasteiger partial charge in [-0.25, -0.2) is 14.8 Å². The first-order chi connectivity index (χ1) is 12.1. The van der Waals surface area contributed by atoms with Crippen molar-refractivity contribution < 1.29 is 9.53 Å². The Kier molecular flexibility index (Phi) is 4.97. The van der Waals surface area contributed by atoms with Crippen molar-refractivity contribution in [2.75, 3.05) is 31.4 Å². The maximum atomic E-state index is 12.4.